The van der Waals surface area contributed by atoms with Crippen molar-refractivity contribution in [2.75, 3.05) is 4.90 Å². The minimum absolute atomic E-state index is 0.0445. The lowest BCUT2D eigenvalue weighted by molar-refractivity contribution is -0.114. The van der Waals surface area contributed by atoms with Gasteiger partial charge in [-0.15, -0.1) is 11.3 Å². The molecule has 0 radical (unpaired) electrons. The first kappa shape index (κ1) is 18.6. The van der Waals surface area contributed by atoms with Gasteiger partial charge in [-0.1, -0.05) is 19.3 Å². The molecule has 2 aromatic rings. The molecule has 7 heteroatoms. The summed E-state index contributed by atoms with van der Waals surface area (Å²) in [7, 11) is 0. The number of halogens is 1. The van der Waals surface area contributed by atoms with Crippen LogP contribution in [0.5, 0.6) is 0 Å². The monoisotopic (exact) mass is 494 g/mol. The van der Waals surface area contributed by atoms with Gasteiger partial charge in [-0.3, -0.25) is 19.3 Å². The molecular weight excluding hydrogens is 475 g/mol. The Kier molecular flexibility index (Phi) is 5.32. The molecule has 0 spiro atoms. The smallest absolute Gasteiger partial charge is 0.299 e. The van der Waals surface area contributed by atoms with Gasteiger partial charge in [0.1, 0.15) is 0 Å². The van der Waals surface area contributed by atoms with Crippen molar-refractivity contribution in [3.63, 3.8) is 0 Å². The summed E-state index contributed by atoms with van der Waals surface area (Å²) < 4.78 is 0.923. The Hall–Kier alpha value is -1.74. The molecule has 5 nitrogen and oxygen atoms in total. The number of amides is 2. The normalized spacial score (nSPS) is 17.3. The molecule has 4 rings (SSSR count). The van der Waals surface area contributed by atoms with Gasteiger partial charge in [0.25, 0.3) is 17.6 Å². The predicted molar refractivity (Wildman–Crippen MR) is 113 cm³/mol. The fraction of sp³-hybridized carbons (Fsp3) is 0.350. The van der Waals surface area contributed by atoms with E-state index < -0.39 is 11.7 Å². The zero-order valence-electron chi connectivity index (χ0n) is 14.7. The van der Waals surface area contributed by atoms with Gasteiger partial charge < -0.3 is 5.32 Å². The van der Waals surface area contributed by atoms with E-state index in [4.69, 9.17) is 0 Å². The van der Waals surface area contributed by atoms with Crippen LogP contribution in [0, 0.1) is 3.57 Å². The fourth-order valence-corrected chi connectivity index (χ4v) is 5.06. The van der Waals surface area contributed by atoms with Gasteiger partial charge in [0.05, 0.1) is 22.7 Å². The van der Waals surface area contributed by atoms with E-state index in [1.54, 1.807) is 12.1 Å². The van der Waals surface area contributed by atoms with Crippen molar-refractivity contribution < 1.29 is 14.4 Å². The van der Waals surface area contributed by atoms with Crippen molar-refractivity contribution in [1.29, 1.82) is 0 Å². The topological polar surface area (TPSA) is 66.5 Å². The number of ketones is 1. The minimum Gasteiger partial charge on any atom is -0.349 e. The average molecular weight is 494 g/mol. The summed E-state index contributed by atoms with van der Waals surface area (Å²) in [5, 5.41) is 3.12. The summed E-state index contributed by atoms with van der Waals surface area (Å²) in [6.45, 7) is 0.305. The first-order valence-corrected chi connectivity index (χ1v) is 11.0. The molecule has 1 aromatic carbocycles. The Balaban J connectivity index is 1.47. The summed E-state index contributed by atoms with van der Waals surface area (Å²) in [6, 6.07) is 9.37. The Morgan fingerprint density at radius 3 is 2.70 bits per heavy atom. The first-order chi connectivity index (χ1) is 13.0. The van der Waals surface area contributed by atoms with Crippen LogP contribution in [0.1, 0.15) is 57.0 Å². The van der Waals surface area contributed by atoms with Crippen molar-refractivity contribution in [2.45, 2.75) is 44.7 Å². The second-order valence-corrected chi connectivity index (χ2v) is 9.37. The largest absolute Gasteiger partial charge is 0.349 e. The van der Waals surface area contributed by atoms with Crippen LogP contribution in [0.3, 0.4) is 0 Å². The molecule has 0 saturated heterocycles. The Morgan fingerprint density at radius 1 is 1.15 bits per heavy atom. The lowest BCUT2D eigenvalue weighted by Crippen LogP contribution is -2.35. The molecule has 0 atom stereocenters. The van der Waals surface area contributed by atoms with Crippen LogP contribution < -0.4 is 10.2 Å². The zero-order valence-corrected chi connectivity index (χ0v) is 17.6. The van der Waals surface area contributed by atoms with Gasteiger partial charge in [-0.25, -0.2) is 0 Å². The zero-order chi connectivity index (χ0) is 19.0. The highest BCUT2D eigenvalue weighted by Crippen LogP contribution is 2.32. The number of fused-ring (bicyclic) bond motifs is 1. The minimum atomic E-state index is -0.506. The Labute approximate surface area is 175 Å². The van der Waals surface area contributed by atoms with Gasteiger partial charge in [0.15, 0.2) is 0 Å². The molecule has 1 N–H and O–H groups in total. The molecule has 1 saturated carbocycles. The van der Waals surface area contributed by atoms with Gasteiger partial charge in [-0.05, 0) is 65.8 Å². The second kappa shape index (κ2) is 7.71. The summed E-state index contributed by atoms with van der Waals surface area (Å²) in [5.74, 6) is -1.01. The molecule has 140 valence electrons. The van der Waals surface area contributed by atoms with Crippen LogP contribution in [-0.2, 0) is 11.3 Å². The number of rotatable bonds is 4. The highest BCUT2D eigenvalue weighted by atomic mass is 127. The fourth-order valence-electron chi connectivity index (χ4n) is 3.67. The van der Waals surface area contributed by atoms with Crippen LogP contribution >= 0.6 is 33.9 Å². The van der Waals surface area contributed by atoms with Crippen molar-refractivity contribution in [2.24, 2.45) is 0 Å². The number of carbonyl (C=O) groups excluding carboxylic acids is 3. The summed E-state index contributed by atoms with van der Waals surface area (Å²) in [5.41, 5.74) is 1.10. The number of anilines is 1. The van der Waals surface area contributed by atoms with Crippen molar-refractivity contribution in [1.82, 2.24) is 5.32 Å². The van der Waals surface area contributed by atoms with E-state index in [9.17, 15) is 14.4 Å². The lowest BCUT2D eigenvalue weighted by atomic mass is 9.95. The SMILES string of the molecule is O=C(NC1CCCCC1)c1ccc(CN2C(=O)C(=O)c3cc(I)ccc32)s1. The number of carbonyl (C=O) groups is 3. The highest BCUT2D eigenvalue weighted by Gasteiger charge is 2.36. The molecule has 0 unspecified atom stereocenters. The van der Waals surface area contributed by atoms with E-state index in [-0.39, 0.29) is 11.9 Å². The van der Waals surface area contributed by atoms with E-state index in [1.807, 2.05) is 18.2 Å². The maximum atomic E-state index is 12.5. The van der Waals surface area contributed by atoms with Crippen molar-refractivity contribution >= 4 is 57.2 Å². The average Bonchev–Trinajstić information content (AvgIpc) is 3.22. The number of Topliss-reactive ketones (excluding diaryl/α,β-unsaturated/α-hetero) is 1. The van der Waals surface area contributed by atoms with E-state index in [2.05, 4.69) is 27.9 Å². The van der Waals surface area contributed by atoms with Crippen LogP contribution in [0.15, 0.2) is 30.3 Å². The third kappa shape index (κ3) is 3.80. The van der Waals surface area contributed by atoms with Gasteiger partial charge in [-0.2, -0.15) is 0 Å². The van der Waals surface area contributed by atoms with Gasteiger partial charge in [0.2, 0.25) is 0 Å². The summed E-state index contributed by atoms with van der Waals surface area (Å²) >= 11 is 3.51. The van der Waals surface area contributed by atoms with E-state index >= 15 is 0 Å². The number of hydrogen-bond donors (Lipinski definition) is 1. The number of thiophene rings is 1. The molecule has 1 fully saturated rings. The maximum Gasteiger partial charge on any atom is 0.299 e. The Morgan fingerprint density at radius 2 is 1.93 bits per heavy atom. The van der Waals surface area contributed by atoms with Crippen LogP contribution in [-0.4, -0.2) is 23.6 Å². The van der Waals surface area contributed by atoms with E-state index in [0.717, 1.165) is 21.3 Å². The second-order valence-electron chi connectivity index (χ2n) is 6.96. The molecule has 0 bridgehead atoms. The molecule has 2 aliphatic rings. The van der Waals surface area contributed by atoms with Crippen molar-refractivity contribution in [3.05, 3.63) is 49.2 Å². The van der Waals surface area contributed by atoms with E-state index in [1.165, 1.54) is 35.5 Å². The van der Waals surface area contributed by atoms with Gasteiger partial charge >= 0.3 is 0 Å². The lowest BCUT2D eigenvalue weighted by Gasteiger charge is -2.22. The molecule has 27 heavy (non-hydrogen) atoms. The maximum absolute atomic E-state index is 12.5. The van der Waals surface area contributed by atoms with Crippen molar-refractivity contribution in [3.8, 4) is 0 Å². The van der Waals surface area contributed by atoms with Gasteiger partial charge in [0, 0.05) is 14.5 Å². The molecular formula is C20H19IN2O3S. The first-order valence-electron chi connectivity index (χ1n) is 9.08. The van der Waals surface area contributed by atoms with E-state index in [0.29, 0.717) is 22.7 Å². The molecule has 2 heterocycles. The molecule has 2 amide bonds. The number of nitrogens with one attached hydrogen (secondary N) is 1. The predicted octanol–water partition coefficient (Wildman–Crippen LogP) is 4.14. The Bertz CT molecular complexity index is 918. The third-order valence-electron chi connectivity index (χ3n) is 5.07. The van der Waals surface area contributed by atoms with Crippen LogP contribution in [0.25, 0.3) is 0 Å². The molecule has 1 aliphatic carbocycles. The summed E-state index contributed by atoms with van der Waals surface area (Å²) in [4.78, 5) is 40.1. The number of hydrogen-bond acceptors (Lipinski definition) is 4. The molecule has 1 aromatic heterocycles. The van der Waals surface area contributed by atoms with Crippen LogP contribution in [0.2, 0.25) is 0 Å². The van der Waals surface area contributed by atoms with Crippen LogP contribution in [0.4, 0.5) is 5.69 Å². The summed E-state index contributed by atoms with van der Waals surface area (Å²) in [6.07, 6.45) is 5.68. The third-order valence-corrected chi connectivity index (χ3v) is 6.81. The quantitative estimate of drug-likeness (QED) is 0.513. The highest BCUT2D eigenvalue weighted by molar-refractivity contribution is 14.1. The number of nitrogens with zero attached hydrogens (tertiary/aromatic N) is 1. The standard InChI is InChI=1S/C20H19IN2O3S/c21-12-6-8-16-15(10-12)18(24)20(26)23(16)11-14-7-9-17(27-14)19(25)22-13-4-2-1-3-5-13/h6-10,13H,1-5,11H2,(H,22,25). The number of benzene rings is 1. The molecule has 1 aliphatic heterocycles.